The Morgan fingerprint density at radius 3 is 2.68 bits per heavy atom. The number of amides is 1. The molecule has 2 saturated heterocycles. The Kier molecular flexibility index (Phi) is 7.46. The van der Waals surface area contributed by atoms with Crippen LogP contribution < -0.4 is 5.32 Å². The topological polar surface area (TPSA) is 54.5 Å². The molecule has 1 atom stereocenters. The van der Waals surface area contributed by atoms with E-state index in [2.05, 4.69) is 23.5 Å². The Bertz CT molecular complexity index is 665. The molecule has 25 heavy (non-hydrogen) atoms. The number of nitrogens with one attached hydrogen (secondary N) is 1. The molecule has 1 amide bonds. The van der Waals surface area contributed by atoms with E-state index in [1.165, 1.54) is 9.71 Å². The molecule has 1 unspecified atom stereocenters. The van der Waals surface area contributed by atoms with Gasteiger partial charge in [-0.25, -0.2) is 4.98 Å². The third kappa shape index (κ3) is 4.44. The van der Waals surface area contributed by atoms with Crippen molar-refractivity contribution in [2.45, 2.75) is 24.8 Å². The van der Waals surface area contributed by atoms with Crippen LogP contribution in [0.2, 0.25) is 0 Å². The highest BCUT2D eigenvalue weighted by molar-refractivity contribution is 7.18. The summed E-state index contributed by atoms with van der Waals surface area (Å²) in [6.07, 6.45) is 2.00. The molecular formula is C17H23Cl2N3O2S. The van der Waals surface area contributed by atoms with E-state index < -0.39 is 0 Å². The fourth-order valence-corrected chi connectivity index (χ4v) is 4.49. The van der Waals surface area contributed by atoms with Gasteiger partial charge in [-0.15, -0.1) is 36.2 Å². The maximum atomic E-state index is 12.5. The van der Waals surface area contributed by atoms with Crippen LogP contribution in [0, 0.1) is 0 Å². The van der Waals surface area contributed by atoms with Gasteiger partial charge in [0.2, 0.25) is 5.91 Å². The zero-order chi connectivity index (χ0) is 15.6. The first-order chi connectivity index (χ1) is 11.3. The van der Waals surface area contributed by atoms with Gasteiger partial charge in [0.05, 0.1) is 28.4 Å². The zero-order valence-electron chi connectivity index (χ0n) is 13.8. The van der Waals surface area contributed by atoms with E-state index in [4.69, 9.17) is 9.72 Å². The van der Waals surface area contributed by atoms with Gasteiger partial charge in [-0.2, -0.15) is 0 Å². The van der Waals surface area contributed by atoms with Gasteiger partial charge in [0.25, 0.3) is 0 Å². The Hall–Kier alpha value is -0.920. The molecule has 0 bridgehead atoms. The first-order valence-corrected chi connectivity index (χ1v) is 9.08. The first-order valence-electron chi connectivity index (χ1n) is 8.26. The molecule has 2 aliphatic heterocycles. The third-order valence-electron chi connectivity index (χ3n) is 4.69. The van der Waals surface area contributed by atoms with Gasteiger partial charge in [-0.3, -0.25) is 4.79 Å². The highest BCUT2D eigenvalue weighted by atomic mass is 35.5. The zero-order valence-corrected chi connectivity index (χ0v) is 16.3. The molecule has 0 spiro atoms. The van der Waals surface area contributed by atoms with E-state index in [1.54, 1.807) is 11.3 Å². The molecule has 1 aromatic heterocycles. The van der Waals surface area contributed by atoms with Crippen LogP contribution in [0.3, 0.4) is 0 Å². The highest BCUT2D eigenvalue weighted by Gasteiger charge is 2.30. The minimum Gasteiger partial charge on any atom is -0.378 e. The van der Waals surface area contributed by atoms with Crippen molar-refractivity contribution in [3.8, 4) is 0 Å². The van der Waals surface area contributed by atoms with Crippen LogP contribution in [-0.4, -0.2) is 54.7 Å². The molecule has 0 saturated carbocycles. The summed E-state index contributed by atoms with van der Waals surface area (Å²) in [6.45, 7) is 3.59. The number of benzene rings is 1. The maximum absolute atomic E-state index is 12.5. The van der Waals surface area contributed by atoms with Crippen LogP contribution in [0.5, 0.6) is 0 Å². The number of nitrogens with zero attached hydrogens (tertiary/aromatic N) is 2. The summed E-state index contributed by atoms with van der Waals surface area (Å²) >= 11 is 1.79. The van der Waals surface area contributed by atoms with Crippen LogP contribution in [0.15, 0.2) is 24.3 Å². The largest absolute Gasteiger partial charge is 0.378 e. The fourth-order valence-electron chi connectivity index (χ4n) is 3.36. The van der Waals surface area contributed by atoms with Crippen LogP contribution in [0.1, 0.15) is 23.8 Å². The first kappa shape index (κ1) is 20.4. The van der Waals surface area contributed by atoms with Crippen molar-refractivity contribution in [2.24, 2.45) is 0 Å². The lowest BCUT2D eigenvalue weighted by Gasteiger charge is -2.34. The normalized spacial score (nSPS) is 21.4. The lowest BCUT2D eigenvalue weighted by Crippen LogP contribution is -2.53. The van der Waals surface area contributed by atoms with Crippen LogP contribution in [0.4, 0.5) is 0 Å². The van der Waals surface area contributed by atoms with E-state index in [0.29, 0.717) is 19.1 Å². The molecule has 2 aliphatic rings. The summed E-state index contributed by atoms with van der Waals surface area (Å²) in [5.74, 6) is 0.666. The second kappa shape index (κ2) is 9.14. The number of morpholine rings is 1. The summed E-state index contributed by atoms with van der Waals surface area (Å²) in [6, 6.07) is 8.13. The fraction of sp³-hybridized carbons (Fsp3) is 0.529. The summed E-state index contributed by atoms with van der Waals surface area (Å²) in [7, 11) is 0. The molecule has 4 rings (SSSR count). The van der Waals surface area contributed by atoms with Gasteiger partial charge in [0, 0.05) is 25.6 Å². The maximum Gasteiger partial charge on any atom is 0.242 e. The second-order valence-corrected chi connectivity index (χ2v) is 7.26. The van der Waals surface area contributed by atoms with Crippen molar-refractivity contribution < 1.29 is 9.53 Å². The van der Waals surface area contributed by atoms with Crippen molar-refractivity contribution >= 4 is 52.3 Å². The number of para-hydroxylation sites is 1. The number of rotatable bonds is 2. The van der Waals surface area contributed by atoms with Gasteiger partial charge >= 0.3 is 0 Å². The Balaban J connectivity index is 0.00000113. The molecule has 8 heteroatoms. The molecule has 138 valence electrons. The van der Waals surface area contributed by atoms with Gasteiger partial charge in [-0.1, -0.05) is 12.1 Å². The standard InChI is InChI=1S/C17H21N3O2S.2ClH/c21-17(14-11-22-10-7-18-14)20-8-5-12(6-9-20)16-19-13-3-1-2-4-15(13)23-16;;/h1-4,12,14,18H,5-11H2;2*1H. The average Bonchev–Trinajstić information content (AvgIpc) is 3.06. The van der Waals surface area contributed by atoms with Crippen molar-refractivity contribution in [1.82, 2.24) is 15.2 Å². The van der Waals surface area contributed by atoms with Gasteiger partial charge in [-0.05, 0) is 25.0 Å². The summed E-state index contributed by atoms with van der Waals surface area (Å²) < 4.78 is 6.65. The van der Waals surface area contributed by atoms with Gasteiger partial charge < -0.3 is 15.0 Å². The summed E-state index contributed by atoms with van der Waals surface area (Å²) in [5.41, 5.74) is 1.09. The monoisotopic (exact) mass is 403 g/mol. The Labute approximate surface area is 164 Å². The van der Waals surface area contributed by atoms with E-state index in [9.17, 15) is 4.79 Å². The Morgan fingerprint density at radius 2 is 2.00 bits per heavy atom. The lowest BCUT2D eigenvalue weighted by atomic mass is 9.97. The summed E-state index contributed by atoms with van der Waals surface area (Å²) in [4.78, 5) is 19.3. The predicted molar refractivity (Wildman–Crippen MR) is 105 cm³/mol. The van der Waals surface area contributed by atoms with E-state index >= 15 is 0 Å². The van der Waals surface area contributed by atoms with Crippen molar-refractivity contribution in [3.05, 3.63) is 29.3 Å². The van der Waals surface area contributed by atoms with Crippen LogP contribution in [-0.2, 0) is 9.53 Å². The van der Waals surface area contributed by atoms with Crippen LogP contribution >= 0.6 is 36.2 Å². The third-order valence-corrected chi connectivity index (χ3v) is 5.88. The van der Waals surface area contributed by atoms with E-state index in [0.717, 1.165) is 38.0 Å². The minimum absolute atomic E-state index is 0. The number of likely N-dealkylation sites (tertiary alicyclic amines) is 1. The molecule has 3 heterocycles. The number of thiazole rings is 1. The molecule has 1 N–H and O–H groups in total. The van der Waals surface area contributed by atoms with Gasteiger partial charge in [0.1, 0.15) is 6.04 Å². The number of ether oxygens (including phenoxy) is 1. The summed E-state index contributed by atoms with van der Waals surface area (Å²) in [5, 5.41) is 4.47. The molecule has 0 aliphatic carbocycles. The smallest absolute Gasteiger partial charge is 0.242 e. The molecule has 2 aromatic rings. The van der Waals surface area contributed by atoms with Gasteiger partial charge in [0.15, 0.2) is 0 Å². The highest BCUT2D eigenvalue weighted by Crippen LogP contribution is 2.33. The van der Waals surface area contributed by atoms with Crippen molar-refractivity contribution in [3.63, 3.8) is 0 Å². The number of hydrogen-bond acceptors (Lipinski definition) is 5. The second-order valence-electron chi connectivity index (χ2n) is 6.20. The molecule has 2 fully saturated rings. The van der Waals surface area contributed by atoms with Crippen LogP contribution in [0.25, 0.3) is 10.2 Å². The number of carbonyl (C=O) groups excluding carboxylic acids is 1. The lowest BCUT2D eigenvalue weighted by molar-refractivity contribution is -0.137. The SMILES string of the molecule is Cl.Cl.O=C(C1COCCN1)N1CCC(c2nc3ccccc3s2)CC1. The number of carbonyl (C=O) groups is 1. The average molecular weight is 404 g/mol. The number of aromatic nitrogens is 1. The minimum atomic E-state index is -0.164. The van der Waals surface area contributed by atoms with Crippen molar-refractivity contribution in [2.75, 3.05) is 32.8 Å². The number of halogens is 2. The molecule has 1 aromatic carbocycles. The number of piperidine rings is 1. The molecular weight excluding hydrogens is 381 g/mol. The number of fused-ring (bicyclic) bond motifs is 1. The predicted octanol–water partition coefficient (Wildman–Crippen LogP) is 2.83. The quantitative estimate of drug-likeness (QED) is 0.837. The van der Waals surface area contributed by atoms with Crippen molar-refractivity contribution in [1.29, 1.82) is 0 Å². The molecule has 5 nitrogen and oxygen atoms in total. The van der Waals surface area contributed by atoms with E-state index in [1.807, 2.05) is 11.0 Å². The Morgan fingerprint density at radius 1 is 1.24 bits per heavy atom. The number of hydrogen-bond donors (Lipinski definition) is 1. The molecule has 0 radical (unpaired) electrons. The van der Waals surface area contributed by atoms with E-state index in [-0.39, 0.29) is 36.8 Å².